The lowest BCUT2D eigenvalue weighted by atomic mass is 10.1. The molecule has 5 heteroatoms. The van der Waals surface area contributed by atoms with Gasteiger partial charge in [0.05, 0.1) is 18.7 Å². The van der Waals surface area contributed by atoms with E-state index in [1.807, 2.05) is 19.3 Å². The highest BCUT2D eigenvalue weighted by Gasteiger charge is 2.07. The van der Waals surface area contributed by atoms with Crippen molar-refractivity contribution < 1.29 is 9.90 Å². The van der Waals surface area contributed by atoms with Gasteiger partial charge in [-0.2, -0.15) is 5.10 Å². The Bertz CT molecular complexity index is 549. The van der Waals surface area contributed by atoms with E-state index in [1.54, 1.807) is 28.9 Å². The van der Waals surface area contributed by atoms with E-state index in [0.717, 1.165) is 5.69 Å². The van der Waals surface area contributed by atoms with Crippen LogP contribution in [0.15, 0.2) is 36.5 Å². The molecule has 2 aromatic rings. The van der Waals surface area contributed by atoms with Gasteiger partial charge in [0.2, 0.25) is 5.91 Å². The summed E-state index contributed by atoms with van der Waals surface area (Å²) in [5.74, 6) is 0.00707. The van der Waals surface area contributed by atoms with Crippen molar-refractivity contribution in [2.45, 2.75) is 13.0 Å². The molecule has 1 aromatic carbocycles. The first-order chi connectivity index (χ1) is 8.65. The predicted octanol–water partition coefficient (Wildman–Crippen LogP) is 0.985. The molecule has 0 spiro atoms. The molecule has 1 aromatic heterocycles. The van der Waals surface area contributed by atoms with Crippen LogP contribution in [-0.4, -0.2) is 20.8 Å². The lowest BCUT2D eigenvalue weighted by Crippen LogP contribution is -2.24. The maximum Gasteiger partial charge on any atom is 0.224 e. The van der Waals surface area contributed by atoms with Gasteiger partial charge < -0.3 is 10.4 Å². The van der Waals surface area contributed by atoms with Gasteiger partial charge in [-0.15, -0.1) is 0 Å². The Hall–Kier alpha value is -2.30. The highest BCUT2D eigenvalue weighted by atomic mass is 16.3. The van der Waals surface area contributed by atoms with E-state index >= 15 is 0 Å². The molecule has 0 aliphatic carbocycles. The van der Waals surface area contributed by atoms with Gasteiger partial charge in [0.15, 0.2) is 0 Å². The minimum Gasteiger partial charge on any atom is -0.508 e. The molecule has 0 saturated heterocycles. The number of hydrogen-bond acceptors (Lipinski definition) is 3. The fourth-order valence-electron chi connectivity index (χ4n) is 1.64. The van der Waals surface area contributed by atoms with Crippen LogP contribution in [0.3, 0.4) is 0 Å². The van der Waals surface area contributed by atoms with Crippen molar-refractivity contribution >= 4 is 5.91 Å². The van der Waals surface area contributed by atoms with Crippen LogP contribution in [0.4, 0.5) is 0 Å². The molecule has 0 bridgehead atoms. The lowest BCUT2D eigenvalue weighted by molar-refractivity contribution is -0.120. The molecule has 2 N–H and O–H groups in total. The molecule has 18 heavy (non-hydrogen) atoms. The molecule has 0 unspecified atom stereocenters. The summed E-state index contributed by atoms with van der Waals surface area (Å²) in [6.45, 7) is 0.396. The standard InChI is InChI=1S/C13H15N3O2/c1-16-7-6-11(15-16)9-14-13(18)8-10-4-2-3-5-12(10)17/h2-7,17H,8-9H2,1H3,(H,14,18). The molecule has 2 rings (SSSR count). The van der Waals surface area contributed by atoms with E-state index in [1.165, 1.54) is 0 Å². The second-order valence-electron chi connectivity index (χ2n) is 4.06. The van der Waals surface area contributed by atoms with Crippen LogP contribution < -0.4 is 5.32 Å². The Morgan fingerprint density at radius 2 is 2.17 bits per heavy atom. The van der Waals surface area contributed by atoms with Gasteiger partial charge >= 0.3 is 0 Å². The molecular formula is C13H15N3O2. The van der Waals surface area contributed by atoms with Crippen LogP contribution in [-0.2, 0) is 24.8 Å². The maximum absolute atomic E-state index is 11.7. The first-order valence-corrected chi connectivity index (χ1v) is 5.67. The number of phenolic OH excluding ortho intramolecular Hbond substituents is 1. The van der Waals surface area contributed by atoms with E-state index < -0.39 is 0 Å². The second-order valence-corrected chi connectivity index (χ2v) is 4.06. The smallest absolute Gasteiger partial charge is 0.224 e. The quantitative estimate of drug-likeness (QED) is 0.844. The van der Waals surface area contributed by atoms with E-state index in [4.69, 9.17) is 0 Å². The first-order valence-electron chi connectivity index (χ1n) is 5.67. The molecule has 0 saturated carbocycles. The Labute approximate surface area is 105 Å². The molecule has 1 heterocycles. The summed E-state index contributed by atoms with van der Waals surface area (Å²) in [5, 5.41) is 16.5. The van der Waals surface area contributed by atoms with E-state index in [9.17, 15) is 9.90 Å². The van der Waals surface area contributed by atoms with E-state index in [0.29, 0.717) is 12.1 Å². The largest absolute Gasteiger partial charge is 0.508 e. The topological polar surface area (TPSA) is 67.2 Å². The number of aromatic hydroxyl groups is 1. The van der Waals surface area contributed by atoms with Gasteiger partial charge in [0, 0.05) is 18.8 Å². The zero-order valence-corrected chi connectivity index (χ0v) is 10.1. The molecule has 0 radical (unpaired) electrons. The van der Waals surface area contributed by atoms with Gasteiger partial charge in [0.1, 0.15) is 5.75 Å². The molecular weight excluding hydrogens is 230 g/mol. The van der Waals surface area contributed by atoms with Crippen molar-refractivity contribution in [2.24, 2.45) is 7.05 Å². The molecule has 5 nitrogen and oxygen atoms in total. The fourth-order valence-corrected chi connectivity index (χ4v) is 1.64. The van der Waals surface area contributed by atoms with Gasteiger partial charge in [-0.05, 0) is 12.1 Å². The van der Waals surface area contributed by atoms with Crippen LogP contribution in [0.5, 0.6) is 5.75 Å². The minimum absolute atomic E-state index is 0.137. The number of aryl methyl sites for hydroxylation is 1. The average molecular weight is 245 g/mol. The monoisotopic (exact) mass is 245 g/mol. The van der Waals surface area contributed by atoms with Crippen molar-refractivity contribution in [1.29, 1.82) is 0 Å². The summed E-state index contributed by atoms with van der Waals surface area (Å²) >= 11 is 0. The summed E-state index contributed by atoms with van der Waals surface area (Å²) in [7, 11) is 1.83. The number of carbonyl (C=O) groups is 1. The van der Waals surface area contributed by atoms with E-state index in [2.05, 4.69) is 10.4 Å². The fraction of sp³-hybridized carbons (Fsp3) is 0.231. The van der Waals surface area contributed by atoms with Gasteiger partial charge in [-0.3, -0.25) is 9.48 Å². The number of para-hydroxylation sites is 1. The number of phenols is 1. The molecule has 0 atom stereocenters. The summed E-state index contributed by atoms with van der Waals surface area (Å²) in [4.78, 5) is 11.7. The predicted molar refractivity (Wildman–Crippen MR) is 66.9 cm³/mol. The van der Waals surface area contributed by atoms with Crippen LogP contribution in [0.2, 0.25) is 0 Å². The number of nitrogens with zero attached hydrogens (tertiary/aromatic N) is 2. The average Bonchev–Trinajstić information content (AvgIpc) is 2.76. The highest BCUT2D eigenvalue weighted by molar-refractivity contribution is 5.79. The molecule has 94 valence electrons. The number of aromatic nitrogens is 2. The van der Waals surface area contributed by atoms with Gasteiger partial charge in [-0.1, -0.05) is 18.2 Å². The number of amides is 1. The lowest BCUT2D eigenvalue weighted by Gasteiger charge is -2.05. The Morgan fingerprint density at radius 1 is 1.39 bits per heavy atom. The second kappa shape index (κ2) is 5.35. The SMILES string of the molecule is Cn1ccc(CNC(=O)Cc2ccccc2O)n1. The van der Waals surface area contributed by atoms with Crippen molar-refractivity contribution in [3.63, 3.8) is 0 Å². The number of carbonyl (C=O) groups excluding carboxylic acids is 1. The zero-order valence-electron chi connectivity index (χ0n) is 10.1. The van der Waals surface area contributed by atoms with Crippen molar-refractivity contribution in [3.05, 3.63) is 47.8 Å². The number of nitrogens with one attached hydrogen (secondary N) is 1. The molecule has 0 fully saturated rings. The summed E-state index contributed by atoms with van der Waals surface area (Å²) in [6, 6.07) is 8.67. The van der Waals surface area contributed by atoms with Gasteiger partial charge in [0.25, 0.3) is 0 Å². The first kappa shape index (κ1) is 12.2. The summed E-state index contributed by atoms with van der Waals surface area (Å²) in [5.41, 5.74) is 1.43. The summed E-state index contributed by atoms with van der Waals surface area (Å²) in [6.07, 6.45) is 1.99. The summed E-state index contributed by atoms with van der Waals surface area (Å²) < 4.78 is 1.69. The molecule has 0 aliphatic rings. The van der Waals surface area contributed by atoms with E-state index in [-0.39, 0.29) is 18.1 Å². The third-order valence-corrected chi connectivity index (χ3v) is 2.58. The van der Waals surface area contributed by atoms with Crippen molar-refractivity contribution in [3.8, 4) is 5.75 Å². The van der Waals surface area contributed by atoms with Crippen LogP contribution >= 0.6 is 0 Å². The van der Waals surface area contributed by atoms with Crippen molar-refractivity contribution in [1.82, 2.24) is 15.1 Å². The van der Waals surface area contributed by atoms with Crippen LogP contribution in [0.25, 0.3) is 0 Å². The van der Waals surface area contributed by atoms with Crippen molar-refractivity contribution in [2.75, 3.05) is 0 Å². The Morgan fingerprint density at radius 3 is 2.83 bits per heavy atom. The number of hydrogen-bond donors (Lipinski definition) is 2. The Balaban J connectivity index is 1.88. The van der Waals surface area contributed by atoms with Crippen LogP contribution in [0.1, 0.15) is 11.3 Å². The number of rotatable bonds is 4. The minimum atomic E-state index is -0.137. The third-order valence-electron chi connectivity index (χ3n) is 2.58. The maximum atomic E-state index is 11.7. The Kier molecular flexibility index (Phi) is 3.62. The van der Waals surface area contributed by atoms with Gasteiger partial charge in [-0.25, -0.2) is 0 Å². The zero-order chi connectivity index (χ0) is 13.0. The molecule has 0 aliphatic heterocycles. The highest BCUT2D eigenvalue weighted by Crippen LogP contribution is 2.15. The molecule has 1 amide bonds. The normalized spacial score (nSPS) is 10.3. The number of benzene rings is 1. The third kappa shape index (κ3) is 3.10. The van der Waals surface area contributed by atoms with Crippen LogP contribution in [0, 0.1) is 0 Å².